The zero-order valence-electron chi connectivity index (χ0n) is 7.33. The predicted octanol–water partition coefficient (Wildman–Crippen LogP) is -1.31. The van der Waals surface area contributed by atoms with Gasteiger partial charge in [-0.15, -0.1) is 5.75 Å². The summed E-state index contributed by atoms with van der Waals surface area (Å²) in [5.74, 6) is -1.35. The molecule has 1 atom stereocenters. The second-order valence-corrected chi connectivity index (χ2v) is 4.85. The molecule has 0 spiro atoms. The fourth-order valence-corrected chi connectivity index (χ4v) is 1.43. The van der Waals surface area contributed by atoms with Crippen molar-refractivity contribution < 1.29 is 19.8 Å². The van der Waals surface area contributed by atoms with Gasteiger partial charge in [-0.25, -0.2) is 9.79 Å². The van der Waals surface area contributed by atoms with Crippen LogP contribution in [0, 0.1) is 0 Å². The van der Waals surface area contributed by atoms with E-state index in [2.05, 4.69) is 0 Å². The molecule has 0 fully saturated rings. The number of rotatable bonds is 3. The second kappa shape index (κ2) is 4.21. The lowest BCUT2D eigenvalue weighted by Crippen LogP contribution is -2.32. The minimum absolute atomic E-state index is 0.0601. The van der Waals surface area contributed by atoms with Crippen molar-refractivity contribution in [2.75, 3.05) is 0 Å². The highest BCUT2D eigenvalue weighted by molar-refractivity contribution is 7.57. The Morgan fingerprint density at radius 1 is 1.29 bits per heavy atom. The maximum atomic E-state index is 10.7. The van der Waals surface area contributed by atoms with Crippen LogP contribution < -0.4 is 15.7 Å². The molecule has 0 bridgehead atoms. The highest BCUT2D eigenvalue weighted by atomic mass is 31.2. The minimum atomic E-state index is -4.23. The van der Waals surface area contributed by atoms with Gasteiger partial charge in [-0.3, -0.25) is 5.73 Å². The summed E-state index contributed by atoms with van der Waals surface area (Å²) < 4.78 is 0. The summed E-state index contributed by atoms with van der Waals surface area (Å²) >= 11 is 0. The molecule has 0 aliphatic rings. The molecule has 0 radical (unpaired) electrons. The van der Waals surface area contributed by atoms with Crippen molar-refractivity contribution in [1.82, 2.24) is 0 Å². The Morgan fingerprint density at radius 3 is 2.21 bits per heavy atom. The van der Waals surface area contributed by atoms with E-state index in [0.717, 1.165) is 0 Å². The van der Waals surface area contributed by atoms with E-state index in [1.807, 2.05) is 0 Å². The van der Waals surface area contributed by atoms with E-state index in [9.17, 15) is 10.00 Å². The summed E-state index contributed by atoms with van der Waals surface area (Å²) in [7, 11) is -4.23. The van der Waals surface area contributed by atoms with Crippen LogP contribution in [-0.2, 0) is 6.42 Å². The highest BCUT2D eigenvalue weighted by Crippen LogP contribution is 2.43. The van der Waals surface area contributed by atoms with E-state index in [1.54, 1.807) is 0 Å². The summed E-state index contributed by atoms with van der Waals surface area (Å²) in [6.07, 6.45) is 0.0601. The van der Waals surface area contributed by atoms with Gasteiger partial charge in [0, 0.05) is 6.42 Å². The zero-order chi connectivity index (χ0) is 10.8. The lowest BCUT2D eigenvalue weighted by molar-refractivity contribution is -0.268. The van der Waals surface area contributed by atoms with Crippen LogP contribution in [0.4, 0.5) is 0 Å². The molecule has 0 unspecified atom stereocenters. The van der Waals surface area contributed by atoms with Gasteiger partial charge in [0.1, 0.15) is 0 Å². The van der Waals surface area contributed by atoms with Gasteiger partial charge in [-0.2, -0.15) is 0 Å². The van der Waals surface area contributed by atoms with Crippen LogP contribution in [0.3, 0.4) is 0 Å². The molecule has 6 heteroatoms. The maximum absolute atomic E-state index is 10.7. The van der Waals surface area contributed by atoms with Crippen molar-refractivity contribution in [3.63, 3.8) is 0 Å². The molecule has 1 aromatic carbocycles. The first-order valence-corrected chi connectivity index (χ1v) is 5.64. The first-order valence-electron chi connectivity index (χ1n) is 3.96. The fourth-order valence-electron chi connectivity index (χ4n) is 0.986. The smallest absolute Gasteiger partial charge is 0.247 e. The summed E-state index contributed by atoms with van der Waals surface area (Å²) in [4.78, 5) is 28.2. The van der Waals surface area contributed by atoms with Gasteiger partial charge in [-0.1, -0.05) is 24.3 Å². The molecule has 4 N–H and O–H groups in total. The van der Waals surface area contributed by atoms with Crippen LogP contribution in [0.2, 0.25) is 0 Å². The molecular formula is C8H11NO4P-. The summed E-state index contributed by atoms with van der Waals surface area (Å²) in [5.41, 5.74) is 5.92. The molecule has 78 valence electrons. The van der Waals surface area contributed by atoms with Crippen LogP contribution in [0.1, 0.15) is 5.56 Å². The van der Waals surface area contributed by atoms with Crippen molar-refractivity contribution in [1.29, 1.82) is 0 Å². The first-order chi connectivity index (χ1) is 6.39. The van der Waals surface area contributed by atoms with Crippen molar-refractivity contribution >= 4 is 7.94 Å². The third-order valence-corrected chi connectivity index (χ3v) is 2.85. The Labute approximate surface area is 82.0 Å². The Bertz CT molecular complexity index is 295. The van der Waals surface area contributed by atoms with E-state index < -0.39 is 13.7 Å². The Morgan fingerprint density at radius 2 is 1.79 bits per heavy atom. The molecule has 0 amide bonds. The summed E-state index contributed by atoms with van der Waals surface area (Å²) in [5, 5.41) is 10.7. The molecular weight excluding hydrogens is 205 g/mol. The molecule has 1 rings (SSSR count). The molecule has 5 nitrogen and oxygen atoms in total. The Balaban J connectivity index is 2.65. The van der Waals surface area contributed by atoms with Gasteiger partial charge >= 0.3 is 0 Å². The normalized spacial score (nSPS) is 14.0. The lowest BCUT2D eigenvalue weighted by Gasteiger charge is -2.22. The van der Waals surface area contributed by atoms with Crippen LogP contribution in [0.5, 0.6) is 5.75 Å². The van der Waals surface area contributed by atoms with Crippen LogP contribution in [-0.4, -0.2) is 15.6 Å². The molecule has 0 saturated heterocycles. The number of hydrogen-bond donors (Lipinski definition) is 3. The van der Waals surface area contributed by atoms with Gasteiger partial charge in [-0.05, 0) is 5.56 Å². The SMILES string of the molecule is N[C@@H](Cc1ccc([O-])cc1)[P+]([O-])(O)O. The Hall–Kier alpha value is -0.710. The van der Waals surface area contributed by atoms with E-state index in [0.29, 0.717) is 5.56 Å². The lowest BCUT2D eigenvalue weighted by atomic mass is 10.1. The van der Waals surface area contributed by atoms with E-state index >= 15 is 0 Å². The van der Waals surface area contributed by atoms with Crippen LogP contribution in [0.25, 0.3) is 0 Å². The van der Waals surface area contributed by atoms with Gasteiger partial charge in [0.25, 0.3) is 0 Å². The highest BCUT2D eigenvalue weighted by Gasteiger charge is 2.29. The standard InChI is InChI=1S/C8H12NO4P/c9-8(14(11,12)13)5-6-1-3-7(10)4-2-6/h1-4,8,10H,5,9H2,(H2,11,12,13)/p-1/t8-/m1/s1. The average molecular weight is 216 g/mol. The van der Waals surface area contributed by atoms with E-state index in [4.69, 9.17) is 15.5 Å². The van der Waals surface area contributed by atoms with Gasteiger partial charge in [0.05, 0.1) is 0 Å². The largest absolute Gasteiger partial charge is 0.872 e. The van der Waals surface area contributed by atoms with Crippen molar-refractivity contribution in [2.24, 2.45) is 5.73 Å². The van der Waals surface area contributed by atoms with Crippen molar-refractivity contribution in [3.8, 4) is 5.75 Å². The topological polar surface area (TPSA) is 113 Å². The van der Waals surface area contributed by atoms with E-state index in [-0.39, 0.29) is 12.2 Å². The van der Waals surface area contributed by atoms with Gasteiger partial charge in [0.15, 0.2) is 5.78 Å². The molecule has 14 heavy (non-hydrogen) atoms. The average Bonchev–Trinajstić information content (AvgIpc) is 2.07. The molecule has 0 aromatic heterocycles. The number of nitrogens with two attached hydrogens (primary N) is 1. The summed E-state index contributed by atoms with van der Waals surface area (Å²) in [6.45, 7) is 0. The minimum Gasteiger partial charge on any atom is -0.872 e. The Kier molecular flexibility index (Phi) is 3.42. The maximum Gasteiger partial charge on any atom is 0.247 e. The first kappa shape index (κ1) is 11.4. The predicted molar refractivity (Wildman–Crippen MR) is 48.9 cm³/mol. The third kappa shape index (κ3) is 3.21. The second-order valence-electron chi connectivity index (χ2n) is 3.00. The molecule has 0 heterocycles. The van der Waals surface area contributed by atoms with Crippen LogP contribution >= 0.6 is 7.94 Å². The quantitative estimate of drug-likeness (QED) is 0.543. The molecule has 1 aromatic rings. The molecule has 0 aliphatic carbocycles. The number of benzene rings is 1. The zero-order valence-corrected chi connectivity index (χ0v) is 8.22. The van der Waals surface area contributed by atoms with Gasteiger partial charge in [0.2, 0.25) is 7.94 Å². The monoisotopic (exact) mass is 216 g/mol. The van der Waals surface area contributed by atoms with E-state index in [1.165, 1.54) is 24.3 Å². The van der Waals surface area contributed by atoms with Crippen molar-refractivity contribution in [2.45, 2.75) is 12.2 Å². The van der Waals surface area contributed by atoms with Crippen molar-refractivity contribution in [3.05, 3.63) is 29.8 Å². The fraction of sp³-hybridized carbons (Fsp3) is 0.250. The number of hydrogen-bond acceptors (Lipinski definition) is 5. The summed E-state index contributed by atoms with van der Waals surface area (Å²) in [6, 6.07) is 5.69. The molecule has 0 aliphatic heterocycles. The van der Waals surface area contributed by atoms with Crippen LogP contribution in [0.15, 0.2) is 24.3 Å². The van der Waals surface area contributed by atoms with Gasteiger partial charge < -0.3 is 10.00 Å². The third-order valence-electron chi connectivity index (χ3n) is 1.80. The molecule has 0 saturated carbocycles.